The van der Waals surface area contributed by atoms with Crippen molar-refractivity contribution in [2.24, 2.45) is 0 Å². The molecule has 0 aliphatic carbocycles. The van der Waals surface area contributed by atoms with Crippen molar-refractivity contribution >= 4 is 23.1 Å². The summed E-state index contributed by atoms with van der Waals surface area (Å²) in [6, 6.07) is 7.41. The molecule has 2 rings (SSSR count). The fraction of sp³-hybridized carbons (Fsp3) is 0.133. The Hall–Kier alpha value is -2.63. The predicted molar refractivity (Wildman–Crippen MR) is 79.2 cm³/mol. The van der Waals surface area contributed by atoms with Gasteiger partial charge in [0, 0.05) is 17.4 Å². The van der Waals surface area contributed by atoms with Gasteiger partial charge in [-0.15, -0.1) is 0 Å². The van der Waals surface area contributed by atoms with Crippen LogP contribution in [-0.2, 0) is 6.42 Å². The minimum Gasteiger partial charge on any atom is -0.398 e. The van der Waals surface area contributed by atoms with E-state index in [4.69, 9.17) is 5.73 Å². The molecule has 0 radical (unpaired) electrons. The van der Waals surface area contributed by atoms with Gasteiger partial charge in [0.25, 0.3) is 0 Å². The van der Waals surface area contributed by atoms with E-state index < -0.39 is 17.7 Å². The molecule has 2 aromatic carbocycles. The first-order valence-corrected chi connectivity index (χ1v) is 6.41. The van der Waals surface area contributed by atoms with E-state index in [0.29, 0.717) is 17.4 Å². The normalized spacial score (nSPS) is 10.2. The molecule has 0 unspecified atom stereocenters. The summed E-state index contributed by atoms with van der Waals surface area (Å²) in [6.07, 6.45) is 0.791. The molecule has 4 nitrogen and oxygen atoms in total. The van der Waals surface area contributed by atoms with Crippen LogP contribution in [0.1, 0.15) is 12.5 Å². The molecule has 0 atom stereocenters. The molecule has 0 heterocycles. The molecule has 6 heteroatoms. The number of nitrogen functional groups attached to an aromatic ring is 1. The number of aryl methyl sites for hydroxylation is 1. The van der Waals surface area contributed by atoms with Gasteiger partial charge in [0.15, 0.2) is 0 Å². The second-order valence-corrected chi connectivity index (χ2v) is 4.47. The second kappa shape index (κ2) is 6.21. The Balaban J connectivity index is 2.06. The first-order valence-electron chi connectivity index (χ1n) is 6.41. The smallest absolute Gasteiger partial charge is 0.323 e. The average Bonchev–Trinajstić information content (AvgIpc) is 2.42. The first kappa shape index (κ1) is 14.8. The number of nitrogens with two attached hydrogens (primary N) is 1. The lowest BCUT2D eigenvalue weighted by Gasteiger charge is -2.10. The first-order chi connectivity index (χ1) is 9.99. The Labute approximate surface area is 121 Å². The third kappa shape index (κ3) is 3.68. The maximum atomic E-state index is 13.4. The van der Waals surface area contributed by atoms with Crippen LogP contribution in [0.3, 0.4) is 0 Å². The number of rotatable bonds is 3. The quantitative estimate of drug-likeness (QED) is 0.754. The van der Waals surface area contributed by atoms with Gasteiger partial charge in [-0.05, 0) is 36.2 Å². The highest BCUT2D eigenvalue weighted by molar-refractivity contribution is 6.00. The van der Waals surface area contributed by atoms with Crippen molar-refractivity contribution in [1.82, 2.24) is 0 Å². The molecule has 0 bridgehead atoms. The number of urea groups is 1. The van der Waals surface area contributed by atoms with Crippen molar-refractivity contribution in [3.05, 3.63) is 53.6 Å². The van der Waals surface area contributed by atoms with Crippen molar-refractivity contribution in [3.8, 4) is 0 Å². The summed E-state index contributed by atoms with van der Waals surface area (Å²) in [4.78, 5) is 11.8. The van der Waals surface area contributed by atoms with E-state index in [9.17, 15) is 13.6 Å². The Morgan fingerprint density at radius 1 is 1.14 bits per heavy atom. The Bertz CT molecular complexity index is 674. The van der Waals surface area contributed by atoms with Crippen LogP contribution in [0.4, 0.5) is 30.6 Å². The zero-order chi connectivity index (χ0) is 15.4. The summed E-state index contributed by atoms with van der Waals surface area (Å²) in [5.41, 5.74) is 7.76. The van der Waals surface area contributed by atoms with E-state index in [1.165, 1.54) is 0 Å². The number of nitrogens with one attached hydrogen (secondary N) is 2. The van der Waals surface area contributed by atoms with Gasteiger partial charge in [-0.2, -0.15) is 0 Å². The largest absolute Gasteiger partial charge is 0.398 e. The molecule has 0 aromatic heterocycles. The van der Waals surface area contributed by atoms with E-state index in [0.717, 1.165) is 24.1 Å². The molecule has 2 amide bonds. The third-order valence-corrected chi connectivity index (χ3v) is 2.96. The molecule has 0 aliphatic heterocycles. The lowest BCUT2D eigenvalue weighted by Crippen LogP contribution is -2.20. The summed E-state index contributed by atoms with van der Waals surface area (Å²) in [6.45, 7) is 1.98. The lowest BCUT2D eigenvalue weighted by atomic mass is 10.1. The lowest BCUT2D eigenvalue weighted by molar-refractivity contribution is 0.262. The zero-order valence-electron chi connectivity index (χ0n) is 11.4. The van der Waals surface area contributed by atoms with Gasteiger partial charge in [-0.1, -0.05) is 13.0 Å². The van der Waals surface area contributed by atoms with Gasteiger partial charge in [0.1, 0.15) is 11.6 Å². The molecule has 0 saturated carbocycles. The van der Waals surface area contributed by atoms with Gasteiger partial charge < -0.3 is 16.4 Å². The highest BCUT2D eigenvalue weighted by Crippen LogP contribution is 2.19. The number of hydrogen-bond donors (Lipinski definition) is 3. The molecule has 0 saturated heterocycles. The van der Waals surface area contributed by atoms with Gasteiger partial charge in [-0.25, -0.2) is 13.6 Å². The van der Waals surface area contributed by atoms with Crippen molar-refractivity contribution in [2.75, 3.05) is 16.4 Å². The highest BCUT2D eigenvalue weighted by atomic mass is 19.1. The van der Waals surface area contributed by atoms with Crippen molar-refractivity contribution in [3.63, 3.8) is 0 Å². The maximum absolute atomic E-state index is 13.4. The summed E-state index contributed by atoms with van der Waals surface area (Å²) >= 11 is 0. The molecule has 2 aromatic rings. The minimum absolute atomic E-state index is 0.105. The predicted octanol–water partition coefficient (Wildman–Crippen LogP) is 3.75. The van der Waals surface area contributed by atoms with Crippen LogP contribution >= 0.6 is 0 Å². The topological polar surface area (TPSA) is 67.2 Å². The molecule has 0 spiro atoms. The van der Waals surface area contributed by atoms with Gasteiger partial charge in [0.2, 0.25) is 0 Å². The van der Waals surface area contributed by atoms with Gasteiger partial charge in [0.05, 0.1) is 5.69 Å². The number of halogens is 2. The molecular weight excluding hydrogens is 276 g/mol. The fourth-order valence-electron chi connectivity index (χ4n) is 1.87. The van der Waals surface area contributed by atoms with Crippen LogP contribution in [0.5, 0.6) is 0 Å². The standard InChI is InChI=1S/C15H15F2N3O/c1-2-9-3-5-11(8-13(9)18)19-15(21)20-14-6-4-10(16)7-12(14)17/h3-8H,2,18H2,1H3,(H2,19,20,21). The van der Waals surface area contributed by atoms with Crippen LogP contribution < -0.4 is 16.4 Å². The van der Waals surface area contributed by atoms with E-state index in [2.05, 4.69) is 10.6 Å². The molecule has 0 aliphatic rings. The summed E-state index contributed by atoms with van der Waals surface area (Å²) in [5, 5.41) is 4.84. The molecule has 0 fully saturated rings. The third-order valence-electron chi connectivity index (χ3n) is 2.96. The zero-order valence-corrected chi connectivity index (χ0v) is 11.4. The van der Waals surface area contributed by atoms with Crippen molar-refractivity contribution < 1.29 is 13.6 Å². The Kier molecular flexibility index (Phi) is 4.37. The number of anilines is 3. The molecule has 4 N–H and O–H groups in total. The van der Waals surface area contributed by atoms with Gasteiger partial charge >= 0.3 is 6.03 Å². The second-order valence-electron chi connectivity index (χ2n) is 4.47. The van der Waals surface area contributed by atoms with E-state index in [-0.39, 0.29) is 5.69 Å². The summed E-state index contributed by atoms with van der Waals surface area (Å²) in [7, 11) is 0. The Morgan fingerprint density at radius 2 is 1.90 bits per heavy atom. The Morgan fingerprint density at radius 3 is 2.52 bits per heavy atom. The van der Waals surface area contributed by atoms with Crippen molar-refractivity contribution in [1.29, 1.82) is 0 Å². The highest BCUT2D eigenvalue weighted by Gasteiger charge is 2.08. The minimum atomic E-state index is -0.842. The van der Waals surface area contributed by atoms with Crippen LogP contribution in [-0.4, -0.2) is 6.03 Å². The summed E-state index contributed by atoms with van der Waals surface area (Å²) < 4.78 is 26.2. The van der Waals surface area contributed by atoms with E-state index >= 15 is 0 Å². The SMILES string of the molecule is CCc1ccc(NC(=O)Nc2ccc(F)cc2F)cc1N. The number of hydrogen-bond acceptors (Lipinski definition) is 2. The monoisotopic (exact) mass is 291 g/mol. The van der Waals surface area contributed by atoms with Crippen LogP contribution in [0.2, 0.25) is 0 Å². The summed E-state index contributed by atoms with van der Waals surface area (Å²) in [5.74, 6) is -1.55. The average molecular weight is 291 g/mol. The molecular formula is C15H15F2N3O. The van der Waals surface area contributed by atoms with Gasteiger partial charge in [-0.3, -0.25) is 0 Å². The van der Waals surface area contributed by atoms with Crippen LogP contribution in [0.15, 0.2) is 36.4 Å². The fourth-order valence-corrected chi connectivity index (χ4v) is 1.87. The van der Waals surface area contributed by atoms with E-state index in [1.807, 2.05) is 13.0 Å². The molecule has 21 heavy (non-hydrogen) atoms. The number of amides is 2. The maximum Gasteiger partial charge on any atom is 0.323 e. The number of carbonyl (C=O) groups excluding carboxylic acids is 1. The van der Waals surface area contributed by atoms with E-state index in [1.54, 1.807) is 12.1 Å². The van der Waals surface area contributed by atoms with Crippen molar-refractivity contribution in [2.45, 2.75) is 13.3 Å². The number of carbonyl (C=O) groups is 1. The van der Waals surface area contributed by atoms with Crippen LogP contribution in [0, 0.1) is 11.6 Å². The number of benzene rings is 2. The molecule has 110 valence electrons. The van der Waals surface area contributed by atoms with Crippen LogP contribution in [0.25, 0.3) is 0 Å².